The molecule has 0 aromatic rings. The molecule has 0 bridgehead atoms. The monoisotopic (exact) mass is 341 g/mol. The number of amides is 3. The van der Waals surface area contributed by atoms with Gasteiger partial charge >= 0.3 is 6.03 Å². The van der Waals surface area contributed by atoms with E-state index in [0.717, 1.165) is 26.0 Å². The lowest BCUT2D eigenvalue weighted by Gasteiger charge is -2.15. The summed E-state index contributed by atoms with van der Waals surface area (Å²) in [6, 6.07) is -0.336. The highest BCUT2D eigenvalue weighted by Crippen LogP contribution is 2.08. The Labute approximate surface area is 142 Å². The summed E-state index contributed by atoms with van der Waals surface area (Å²) in [5.74, 6) is 0.477. The van der Waals surface area contributed by atoms with Crippen LogP contribution in [-0.2, 0) is 14.3 Å². The number of carbonyl (C=O) groups excluding carboxylic acids is 2. The van der Waals surface area contributed by atoms with Crippen LogP contribution in [0.25, 0.3) is 0 Å². The maximum absolute atomic E-state index is 11.5. The average molecular weight is 341 g/mol. The minimum absolute atomic E-state index is 0.0824. The Kier molecular flexibility index (Phi) is 7.76. The molecule has 2 rings (SSSR count). The number of hydrogen-bond acceptors (Lipinski definition) is 5. The fraction of sp³-hybridized carbons (Fsp3) is 0.800. The van der Waals surface area contributed by atoms with Crippen LogP contribution >= 0.6 is 0 Å². The van der Waals surface area contributed by atoms with E-state index in [4.69, 9.17) is 9.47 Å². The van der Waals surface area contributed by atoms with Crippen molar-refractivity contribution in [2.24, 2.45) is 4.99 Å². The number of hydrogen-bond donors (Lipinski definition) is 3. The minimum atomic E-state index is -0.336. The van der Waals surface area contributed by atoms with E-state index < -0.39 is 0 Å². The van der Waals surface area contributed by atoms with E-state index in [1.807, 2.05) is 6.92 Å². The number of nitrogens with one attached hydrogen (secondary N) is 3. The van der Waals surface area contributed by atoms with E-state index >= 15 is 0 Å². The van der Waals surface area contributed by atoms with Gasteiger partial charge in [-0.1, -0.05) is 0 Å². The molecule has 0 aromatic carbocycles. The number of urea groups is 1. The Hall–Kier alpha value is -1.87. The van der Waals surface area contributed by atoms with Crippen LogP contribution in [0.3, 0.4) is 0 Å². The van der Waals surface area contributed by atoms with E-state index in [-0.39, 0.29) is 24.6 Å². The van der Waals surface area contributed by atoms with Gasteiger partial charge in [0.1, 0.15) is 0 Å². The van der Waals surface area contributed by atoms with Gasteiger partial charge in [0, 0.05) is 39.4 Å². The third-order valence-corrected chi connectivity index (χ3v) is 3.72. The highest BCUT2D eigenvalue weighted by atomic mass is 16.5. The number of nitrogens with zero attached hydrogens (tertiary/aromatic N) is 2. The molecular formula is C15H27N5O4. The van der Waals surface area contributed by atoms with Gasteiger partial charge in [0.25, 0.3) is 0 Å². The van der Waals surface area contributed by atoms with Crippen molar-refractivity contribution in [3.05, 3.63) is 0 Å². The zero-order valence-corrected chi connectivity index (χ0v) is 14.2. The lowest BCUT2D eigenvalue weighted by atomic mass is 10.3. The largest absolute Gasteiger partial charge is 0.379 e. The van der Waals surface area contributed by atoms with Crippen molar-refractivity contribution in [2.45, 2.75) is 25.9 Å². The molecule has 1 unspecified atom stereocenters. The summed E-state index contributed by atoms with van der Waals surface area (Å²) in [5.41, 5.74) is 0. The van der Waals surface area contributed by atoms with Crippen molar-refractivity contribution in [3.8, 4) is 0 Å². The zero-order valence-electron chi connectivity index (χ0n) is 14.2. The molecule has 3 amide bonds. The molecule has 24 heavy (non-hydrogen) atoms. The third-order valence-electron chi connectivity index (χ3n) is 3.72. The van der Waals surface area contributed by atoms with E-state index in [0.29, 0.717) is 38.8 Å². The first-order valence-corrected chi connectivity index (χ1v) is 8.50. The van der Waals surface area contributed by atoms with Crippen LogP contribution in [0.2, 0.25) is 0 Å². The minimum Gasteiger partial charge on any atom is -0.379 e. The molecule has 0 saturated carbocycles. The molecule has 2 aliphatic heterocycles. The molecular weight excluding hydrogens is 314 g/mol. The van der Waals surface area contributed by atoms with Gasteiger partial charge in [-0.25, -0.2) is 4.79 Å². The van der Waals surface area contributed by atoms with Crippen molar-refractivity contribution in [1.82, 2.24) is 20.9 Å². The number of guanidine groups is 1. The summed E-state index contributed by atoms with van der Waals surface area (Å²) < 4.78 is 11.0. The van der Waals surface area contributed by atoms with Gasteiger partial charge in [0.05, 0.1) is 19.3 Å². The second kappa shape index (κ2) is 10.1. The zero-order chi connectivity index (χ0) is 17.2. The summed E-state index contributed by atoms with van der Waals surface area (Å²) in [7, 11) is 0. The first-order valence-electron chi connectivity index (χ1n) is 8.50. The predicted octanol–water partition coefficient (Wildman–Crippen LogP) is -0.711. The van der Waals surface area contributed by atoms with Crippen molar-refractivity contribution in [2.75, 3.05) is 52.5 Å². The molecule has 0 aromatic heterocycles. The van der Waals surface area contributed by atoms with Crippen LogP contribution in [-0.4, -0.2) is 81.4 Å². The number of aliphatic imine (C=N–C) groups is 1. The van der Waals surface area contributed by atoms with Gasteiger partial charge < -0.3 is 25.4 Å². The van der Waals surface area contributed by atoms with E-state index in [2.05, 4.69) is 20.9 Å². The molecule has 0 radical (unpaired) electrons. The average Bonchev–Trinajstić information content (AvgIpc) is 3.19. The maximum Gasteiger partial charge on any atom is 0.324 e. The van der Waals surface area contributed by atoms with Gasteiger partial charge in [-0.05, 0) is 19.8 Å². The molecule has 2 fully saturated rings. The second-order valence-electron chi connectivity index (χ2n) is 5.60. The third kappa shape index (κ3) is 5.97. The number of rotatable bonds is 9. The molecule has 9 nitrogen and oxygen atoms in total. The van der Waals surface area contributed by atoms with Crippen LogP contribution in [0.1, 0.15) is 19.8 Å². The molecule has 3 N–H and O–H groups in total. The molecule has 2 aliphatic rings. The van der Waals surface area contributed by atoms with Crippen LogP contribution in [0.4, 0.5) is 4.79 Å². The highest BCUT2D eigenvalue weighted by molar-refractivity contribution is 6.01. The summed E-state index contributed by atoms with van der Waals surface area (Å²) in [4.78, 5) is 28.6. The topological polar surface area (TPSA) is 104 Å². The smallest absolute Gasteiger partial charge is 0.324 e. The summed E-state index contributed by atoms with van der Waals surface area (Å²) >= 11 is 0. The Balaban J connectivity index is 1.62. The molecule has 136 valence electrons. The van der Waals surface area contributed by atoms with Crippen LogP contribution in [0.5, 0.6) is 0 Å². The van der Waals surface area contributed by atoms with Crippen LogP contribution in [0.15, 0.2) is 4.99 Å². The lowest BCUT2D eigenvalue weighted by molar-refractivity contribution is -0.124. The van der Waals surface area contributed by atoms with Crippen molar-refractivity contribution < 1.29 is 19.1 Å². The number of imide groups is 1. The van der Waals surface area contributed by atoms with Gasteiger partial charge in [-0.15, -0.1) is 0 Å². The highest BCUT2D eigenvalue weighted by Gasteiger charge is 2.27. The van der Waals surface area contributed by atoms with Crippen LogP contribution < -0.4 is 16.0 Å². The van der Waals surface area contributed by atoms with Gasteiger partial charge in [-0.2, -0.15) is 0 Å². The SMILES string of the molecule is CCNC(=NCCCOC1CCOC1)NCCN1C(=O)CNC1=O. The normalized spacial score (nSPS) is 21.3. The predicted molar refractivity (Wildman–Crippen MR) is 88.9 cm³/mol. The van der Waals surface area contributed by atoms with Gasteiger partial charge in [0.2, 0.25) is 5.91 Å². The van der Waals surface area contributed by atoms with Crippen molar-refractivity contribution in [1.29, 1.82) is 0 Å². The number of carbonyl (C=O) groups is 2. The quantitative estimate of drug-likeness (QED) is 0.221. The van der Waals surface area contributed by atoms with E-state index in [9.17, 15) is 9.59 Å². The van der Waals surface area contributed by atoms with Gasteiger partial charge in [-0.3, -0.25) is 14.7 Å². The molecule has 2 heterocycles. The first-order chi connectivity index (χ1) is 11.7. The van der Waals surface area contributed by atoms with E-state index in [1.165, 1.54) is 4.90 Å². The molecule has 0 spiro atoms. The standard InChI is InChI=1S/C15H27N5O4/c1-2-16-14(17-5-3-8-24-12-4-9-23-11-12)18-6-7-20-13(21)10-19-15(20)22/h12H,2-11H2,1H3,(H,19,22)(H2,16,17,18). The maximum atomic E-state index is 11.5. The second-order valence-corrected chi connectivity index (χ2v) is 5.60. The first kappa shape index (κ1) is 18.5. The summed E-state index contributed by atoms with van der Waals surface area (Å²) in [6.07, 6.45) is 2.03. The molecule has 9 heteroatoms. The molecule has 0 aliphatic carbocycles. The summed E-state index contributed by atoms with van der Waals surface area (Å²) in [6.45, 7) is 6.37. The fourth-order valence-electron chi connectivity index (χ4n) is 2.46. The van der Waals surface area contributed by atoms with Crippen LogP contribution in [0, 0.1) is 0 Å². The molecule has 2 saturated heterocycles. The van der Waals surface area contributed by atoms with E-state index in [1.54, 1.807) is 0 Å². The Morgan fingerprint density at radius 3 is 3.00 bits per heavy atom. The fourth-order valence-corrected chi connectivity index (χ4v) is 2.46. The molecule has 1 atom stereocenters. The lowest BCUT2D eigenvalue weighted by Crippen LogP contribution is -2.43. The van der Waals surface area contributed by atoms with Crippen molar-refractivity contribution in [3.63, 3.8) is 0 Å². The summed E-state index contributed by atoms with van der Waals surface area (Å²) in [5, 5.41) is 8.76. The Morgan fingerprint density at radius 2 is 2.33 bits per heavy atom. The number of ether oxygens (including phenoxy) is 2. The Morgan fingerprint density at radius 1 is 1.46 bits per heavy atom. The van der Waals surface area contributed by atoms with Crippen molar-refractivity contribution >= 4 is 17.9 Å². The van der Waals surface area contributed by atoms with Gasteiger partial charge in [0.15, 0.2) is 5.96 Å². The Bertz CT molecular complexity index is 435.